The van der Waals surface area contributed by atoms with E-state index >= 15 is 0 Å². The van der Waals surface area contributed by atoms with Crippen LogP contribution in [-0.2, 0) is 19.5 Å². The molecule has 42 heavy (non-hydrogen) atoms. The fourth-order valence-electron chi connectivity index (χ4n) is 7.29. The number of piperidine rings is 1. The maximum atomic E-state index is 14.0. The Labute approximate surface area is 251 Å². The predicted molar refractivity (Wildman–Crippen MR) is 156 cm³/mol. The standard InChI is InChI=1S/C28H53N5O8S/c1-7-11-17-33(18-12-8-2,19-13-9-3)23(14-10-4)20-27(5,6)28(24(34)29-30-25(35)36)16-15-22-21-31(28)26(37)32(22)41-42(38,39)40/h22-23,30H,7-21H2,1-6H3,(H2-,29,34,35,36,38,39,40)/t22-,23?,28-/m1/s1. The Morgan fingerprint density at radius 2 is 1.62 bits per heavy atom. The van der Waals surface area contributed by atoms with E-state index in [1.807, 2.05) is 19.3 Å². The van der Waals surface area contributed by atoms with Gasteiger partial charge in [-0.05, 0) is 38.5 Å². The molecule has 14 heteroatoms. The number of fused-ring (bicyclic) bond motifs is 2. The van der Waals surface area contributed by atoms with Gasteiger partial charge in [0.05, 0.1) is 31.7 Å². The van der Waals surface area contributed by atoms with Crippen molar-refractivity contribution in [1.29, 1.82) is 0 Å². The van der Waals surface area contributed by atoms with Gasteiger partial charge in [0.1, 0.15) is 5.54 Å². The SMILES string of the molecule is CCCC[N+](CCCC)(CCCC)C(CCC)CC(C)(C)[C@]1(C(=O)NNC(=O)[O-])CC[C@@H]2CN1C(=O)N2OS(=O)(=O)O. The summed E-state index contributed by atoms with van der Waals surface area (Å²) in [6, 6.07) is -1.40. The third-order valence-corrected chi connectivity index (χ3v) is 9.75. The number of amides is 4. The highest BCUT2D eigenvalue weighted by Gasteiger charge is 2.64. The first-order chi connectivity index (χ1) is 19.6. The summed E-state index contributed by atoms with van der Waals surface area (Å²) in [5.41, 5.74) is 1.65. The molecule has 2 aliphatic rings. The van der Waals surface area contributed by atoms with Gasteiger partial charge in [0.15, 0.2) is 6.09 Å². The molecule has 1 unspecified atom stereocenters. The molecule has 0 radical (unpaired) electrons. The zero-order chi connectivity index (χ0) is 31.8. The van der Waals surface area contributed by atoms with Gasteiger partial charge in [0.2, 0.25) is 0 Å². The molecule has 0 aliphatic carbocycles. The van der Waals surface area contributed by atoms with Crippen molar-refractivity contribution in [1.82, 2.24) is 20.8 Å². The van der Waals surface area contributed by atoms with Crippen molar-refractivity contribution in [3.8, 4) is 0 Å². The second-order valence-electron chi connectivity index (χ2n) is 12.6. The van der Waals surface area contributed by atoms with Gasteiger partial charge in [-0.25, -0.2) is 4.79 Å². The number of hydrogen-bond donors (Lipinski definition) is 3. The first-order valence-electron chi connectivity index (χ1n) is 15.6. The molecule has 2 saturated heterocycles. The molecule has 0 aromatic rings. The van der Waals surface area contributed by atoms with Crippen LogP contribution in [0.3, 0.4) is 0 Å². The molecule has 3 N–H and O–H groups in total. The van der Waals surface area contributed by atoms with Crippen molar-refractivity contribution in [2.75, 3.05) is 26.2 Å². The van der Waals surface area contributed by atoms with E-state index in [2.05, 4.69) is 37.4 Å². The highest BCUT2D eigenvalue weighted by molar-refractivity contribution is 7.80. The van der Waals surface area contributed by atoms with Crippen LogP contribution in [0.15, 0.2) is 0 Å². The molecule has 3 atom stereocenters. The van der Waals surface area contributed by atoms with Gasteiger partial charge in [-0.15, -0.1) is 4.28 Å². The van der Waals surface area contributed by atoms with Crippen molar-refractivity contribution in [2.45, 2.75) is 130 Å². The minimum absolute atomic E-state index is 0.0174. The number of nitrogens with zero attached hydrogens (tertiary/aromatic N) is 3. The smallest absolute Gasteiger partial charge is 0.418 e. The van der Waals surface area contributed by atoms with Gasteiger partial charge in [-0.2, -0.15) is 13.5 Å². The van der Waals surface area contributed by atoms with E-state index in [9.17, 15) is 32.5 Å². The molecule has 0 aromatic heterocycles. The van der Waals surface area contributed by atoms with Crippen molar-refractivity contribution in [2.24, 2.45) is 5.41 Å². The lowest BCUT2D eigenvalue weighted by Gasteiger charge is -2.55. The van der Waals surface area contributed by atoms with Gasteiger partial charge in [0, 0.05) is 18.4 Å². The zero-order valence-corrected chi connectivity index (χ0v) is 27.1. The fourth-order valence-corrected chi connectivity index (χ4v) is 7.68. The molecule has 13 nitrogen and oxygen atoms in total. The maximum absolute atomic E-state index is 14.0. The van der Waals surface area contributed by atoms with Crippen molar-refractivity contribution < 1.29 is 41.2 Å². The number of carbonyl (C=O) groups is 3. The molecule has 2 heterocycles. The van der Waals surface area contributed by atoms with E-state index in [4.69, 9.17) is 0 Å². The number of quaternary nitrogens is 1. The average Bonchev–Trinajstić information content (AvgIpc) is 3.15. The third kappa shape index (κ3) is 8.06. The summed E-state index contributed by atoms with van der Waals surface area (Å²) in [5, 5.41) is 11.8. The van der Waals surface area contributed by atoms with E-state index in [0.717, 1.165) is 75.5 Å². The average molecular weight is 620 g/mol. The Kier molecular flexibility index (Phi) is 12.9. The molecule has 0 aromatic carbocycles. The zero-order valence-electron chi connectivity index (χ0n) is 26.3. The van der Waals surface area contributed by atoms with Crippen molar-refractivity contribution >= 4 is 28.4 Å². The summed E-state index contributed by atoms with van der Waals surface area (Å²) in [6.45, 7) is 15.6. The molecule has 2 rings (SSSR count). The summed E-state index contributed by atoms with van der Waals surface area (Å²) in [4.78, 5) is 40.1. The largest absolute Gasteiger partial charge is 0.529 e. The van der Waals surface area contributed by atoms with E-state index < -0.39 is 45.4 Å². The minimum Gasteiger partial charge on any atom is -0.529 e. The van der Waals surface area contributed by atoms with Crippen LogP contribution in [0, 0.1) is 5.41 Å². The van der Waals surface area contributed by atoms with E-state index in [1.165, 1.54) is 4.90 Å². The molecular formula is C28H53N5O8S. The number of hydrogen-bond acceptors (Lipinski definition) is 7. The number of nitrogens with one attached hydrogen (secondary N) is 2. The normalized spacial score (nSPS) is 21.9. The van der Waals surface area contributed by atoms with E-state index in [1.54, 1.807) is 0 Å². The number of carbonyl (C=O) groups excluding carboxylic acids is 3. The summed E-state index contributed by atoms with van der Waals surface area (Å²) >= 11 is 0. The van der Waals surface area contributed by atoms with Crippen molar-refractivity contribution in [3.63, 3.8) is 0 Å². The molecular weight excluding hydrogens is 566 g/mol. The molecule has 2 aliphatic heterocycles. The first-order valence-corrected chi connectivity index (χ1v) is 16.9. The second-order valence-corrected chi connectivity index (χ2v) is 13.6. The van der Waals surface area contributed by atoms with Gasteiger partial charge in [0.25, 0.3) is 5.91 Å². The summed E-state index contributed by atoms with van der Waals surface area (Å²) in [7, 11) is -4.99. The Balaban J connectivity index is 2.64. The van der Waals surface area contributed by atoms with Gasteiger partial charge in [-0.1, -0.05) is 67.2 Å². The van der Waals surface area contributed by atoms with Crippen LogP contribution >= 0.6 is 0 Å². The predicted octanol–water partition coefficient (Wildman–Crippen LogP) is 3.13. The number of urea groups is 1. The topological polar surface area (TPSA) is 168 Å². The van der Waals surface area contributed by atoms with Crippen LogP contribution in [0.4, 0.5) is 9.59 Å². The summed E-state index contributed by atoms with van der Waals surface area (Å²) < 4.78 is 37.9. The summed E-state index contributed by atoms with van der Waals surface area (Å²) in [5.74, 6) is -0.721. The van der Waals surface area contributed by atoms with E-state index in [0.29, 0.717) is 11.5 Å². The van der Waals surface area contributed by atoms with Gasteiger partial charge < -0.3 is 19.3 Å². The minimum atomic E-state index is -4.99. The van der Waals surface area contributed by atoms with E-state index in [-0.39, 0.29) is 25.4 Å². The monoisotopic (exact) mass is 619 g/mol. The van der Waals surface area contributed by atoms with Crippen molar-refractivity contribution in [3.05, 3.63) is 0 Å². The van der Waals surface area contributed by atoms with Crippen LogP contribution in [0.2, 0.25) is 0 Å². The Bertz CT molecular complexity index is 1020. The number of carboxylic acid groups (broad SMARTS) is 1. The molecule has 2 fully saturated rings. The van der Waals surface area contributed by atoms with Gasteiger partial charge >= 0.3 is 16.4 Å². The number of unbranched alkanes of at least 4 members (excludes halogenated alkanes) is 3. The van der Waals surface area contributed by atoms with Crippen LogP contribution in [0.5, 0.6) is 0 Å². The quantitative estimate of drug-likeness (QED) is 0.119. The Morgan fingerprint density at radius 1 is 1.07 bits per heavy atom. The third-order valence-electron chi connectivity index (χ3n) is 9.41. The van der Waals surface area contributed by atoms with Crippen LogP contribution in [0.1, 0.15) is 112 Å². The number of rotatable bonds is 18. The lowest BCUT2D eigenvalue weighted by atomic mass is 9.62. The van der Waals surface area contributed by atoms with Gasteiger partial charge in [-0.3, -0.25) is 20.2 Å². The molecule has 0 spiro atoms. The highest BCUT2D eigenvalue weighted by Crippen LogP contribution is 2.51. The van der Waals surface area contributed by atoms with Crippen LogP contribution < -0.4 is 16.0 Å². The molecule has 244 valence electrons. The first kappa shape index (κ1) is 36.0. The maximum Gasteiger partial charge on any atom is 0.418 e. The lowest BCUT2D eigenvalue weighted by Crippen LogP contribution is -2.71. The molecule has 4 amide bonds. The lowest BCUT2D eigenvalue weighted by molar-refractivity contribution is -0.953. The van der Waals surface area contributed by atoms with Crippen LogP contribution in [-0.4, -0.2) is 89.2 Å². The Morgan fingerprint density at radius 3 is 2.07 bits per heavy atom. The summed E-state index contributed by atoms with van der Waals surface area (Å²) in [6.07, 6.45) is 7.49. The second kappa shape index (κ2) is 15.0. The molecule has 0 saturated carbocycles. The number of hydrazine groups is 1. The molecule has 2 bridgehead atoms. The van der Waals surface area contributed by atoms with Crippen LogP contribution in [0.25, 0.3) is 0 Å². The fraction of sp³-hybridized carbons (Fsp3) is 0.893. The Hall–Kier alpha value is -2.16. The number of hydroxylamine groups is 2. The highest BCUT2D eigenvalue weighted by atomic mass is 32.3.